The third-order valence-corrected chi connectivity index (χ3v) is 5.65. The minimum absolute atomic E-state index is 0.512. The SMILES string of the molecule is CC(C)(C)CC12CC3CC(C)(CC(C)(C3)C1)C2. The van der Waals surface area contributed by atoms with Gasteiger partial charge in [0.15, 0.2) is 0 Å². The first-order valence-corrected chi connectivity index (χ1v) is 7.61. The molecule has 0 amide bonds. The first-order valence-electron chi connectivity index (χ1n) is 7.61. The molecule has 0 nitrogen and oxygen atoms in total. The molecule has 4 fully saturated rings. The van der Waals surface area contributed by atoms with Gasteiger partial charge < -0.3 is 0 Å². The Balaban J connectivity index is 1.92. The van der Waals surface area contributed by atoms with Crippen molar-refractivity contribution >= 4 is 0 Å². The molecule has 0 N–H and O–H groups in total. The van der Waals surface area contributed by atoms with Gasteiger partial charge in [-0.15, -0.1) is 0 Å². The molecule has 0 aromatic heterocycles. The van der Waals surface area contributed by atoms with Crippen LogP contribution in [-0.2, 0) is 0 Å². The third-order valence-electron chi connectivity index (χ3n) is 5.65. The highest BCUT2D eigenvalue weighted by Gasteiger charge is 2.60. The van der Waals surface area contributed by atoms with E-state index in [-0.39, 0.29) is 0 Å². The van der Waals surface area contributed by atoms with Gasteiger partial charge in [0, 0.05) is 0 Å². The summed E-state index contributed by atoms with van der Waals surface area (Å²) in [5, 5.41) is 0. The van der Waals surface area contributed by atoms with Gasteiger partial charge in [0.2, 0.25) is 0 Å². The summed E-state index contributed by atoms with van der Waals surface area (Å²) in [5.41, 5.74) is 2.61. The van der Waals surface area contributed by atoms with Crippen molar-refractivity contribution < 1.29 is 0 Å². The van der Waals surface area contributed by atoms with Gasteiger partial charge in [0.05, 0.1) is 0 Å². The van der Waals surface area contributed by atoms with E-state index in [9.17, 15) is 0 Å². The lowest BCUT2D eigenvalue weighted by Crippen LogP contribution is -2.55. The zero-order chi connectivity index (χ0) is 12.5. The van der Waals surface area contributed by atoms with Crippen molar-refractivity contribution in [3.05, 3.63) is 0 Å². The minimum atomic E-state index is 0.512. The molecular formula is C17H30. The molecule has 17 heavy (non-hydrogen) atoms. The normalized spacial score (nSPS) is 53.1. The largest absolute Gasteiger partial charge is 0.0602 e. The van der Waals surface area contributed by atoms with Crippen molar-refractivity contribution in [3.63, 3.8) is 0 Å². The van der Waals surface area contributed by atoms with Gasteiger partial charge in [0.1, 0.15) is 0 Å². The highest BCUT2D eigenvalue weighted by atomic mass is 14.6. The van der Waals surface area contributed by atoms with Gasteiger partial charge in [-0.2, -0.15) is 0 Å². The second-order valence-electron chi connectivity index (χ2n) is 9.87. The van der Waals surface area contributed by atoms with Crippen LogP contribution < -0.4 is 0 Å². The maximum Gasteiger partial charge on any atom is -0.0280 e. The molecule has 0 heteroatoms. The van der Waals surface area contributed by atoms with Crippen molar-refractivity contribution in [3.8, 4) is 0 Å². The minimum Gasteiger partial charge on any atom is -0.0602 e. The fraction of sp³-hybridized carbons (Fsp3) is 1.00. The molecule has 0 aromatic carbocycles. The lowest BCUT2D eigenvalue weighted by molar-refractivity contribution is -0.156. The molecule has 4 aliphatic rings. The molecule has 98 valence electrons. The van der Waals surface area contributed by atoms with Crippen LogP contribution in [0.1, 0.15) is 79.6 Å². The summed E-state index contributed by atoms with van der Waals surface area (Å²) in [5.74, 6) is 1.06. The molecule has 0 spiro atoms. The molecule has 2 unspecified atom stereocenters. The van der Waals surface area contributed by atoms with Crippen molar-refractivity contribution in [1.82, 2.24) is 0 Å². The quantitative estimate of drug-likeness (QED) is 0.568. The number of hydrogen-bond acceptors (Lipinski definition) is 0. The molecule has 4 rings (SSSR count). The van der Waals surface area contributed by atoms with Crippen LogP contribution in [0.25, 0.3) is 0 Å². The second-order valence-corrected chi connectivity index (χ2v) is 9.87. The Morgan fingerprint density at radius 2 is 1.41 bits per heavy atom. The van der Waals surface area contributed by atoms with E-state index in [1.165, 1.54) is 38.5 Å². The van der Waals surface area contributed by atoms with Crippen LogP contribution in [0.2, 0.25) is 0 Å². The van der Waals surface area contributed by atoms with Crippen molar-refractivity contribution in [2.24, 2.45) is 27.6 Å². The summed E-state index contributed by atoms with van der Waals surface area (Å²) in [6.45, 7) is 12.5. The molecule has 4 aliphatic carbocycles. The van der Waals surface area contributed by atoms with Crippen LogP contribution in [0.3, 0.4) is 0 Å². The Bertz CT molecular complexity index is 309. The molecule has 0 aromatic rings. The van der Waals surface area contributed by atoms with E-state index in [0.29, 0.717) is 21.7 Å². The molecule has 4 saturated carbocycles. The van der Waals surface area contributed by atoms with Crippen LogP contribution in [0.4, 0.5) is 0 Å². The Morgan fingerprint density at radius 3 is 1.82 bits per heavy atom. The van der Waals surface area contributed by atoms with E-state index in [4.69, 9.17) is 0 Å². The molecule has 0 saturated heterocycles. The summed E-state index contributed by atoms with van der Waals surface area (Å²) in [4.78, 5) is 0. The van der Waals surface area contributed by atoms with Crippen molar-refractivity contribution in [2.45, 2.75) is 79.6 Å². The predicted molar refractivity (Wildman–Crippen MR) is 73.9 cm³/mol. The molecule has 0 heterocycles. The maximum atomic E-state index is 2.59. The molecular weight excluding hydrogens is 204 g/mol. The summed E-state index contributed by atoms with van der Waals surface area (Å²) < 4.78 is 0. The fourth-order valence-electron chi connectivity index (χ4n) is 7.01. The smallest absolute Gasteiger partial charge is 0.0280 e. The Hall–Kier alpha value is 0. The zero-order valence-electron chi connectivity index (χ0n) is 12.5. The van der Waals surface area contributed by atoms with E-state index in [1.807, 2.05) is 0 Å². The second kappa shape index (κ2) is 3.11. The van der Waals surface area contributed by atoms with Gasteiger partial charge in [-0.1, -0.05) is 34.6 Å². The van der Waals surface area contributed by atoms with Crippen molar-refractivity contribution in [1.29, 1.82) is 0 Å². The lowest BCUT2D eigenvalue weighted by atomic mass is 9.39. The summed E-state index contributed by atoms with van der Waals surface area (Å²) >= 11 is 0. The Kier molecular flexibility index (Phi) is 2.21. The lowest BCUT2D eigenvalue weighted by Gasteiger charge is -2.66. The van der Waals surface area contributed by atoms with Crippen LogP contribution in [0.5, 0.6) is 0 Å². The number of rotatable bonds is 1. The molecule has 2 atom stereocenters. The van der Waals surface area contributed by atoms with E-state index < -0.39 is 0 Å². The van der Waals surface area contributed by atoms with Gasteiger partial charge in [-0.25, -0.2) is 0 Å². The fourth-order valence-corrected chi connectivity index (χ4v) is 7.01. The first kappa shape index (κ1) is 12.1. The Labute approximate surface area is 108 Å². The molecule has 4 bridgehead atoms. The Morgan fingerprint density at radius 1 is 0.882 bits per heavy atom. The molecule has 0 aliphatic heterocycles. The highest BCUT2D eigenvalue weighted by Crippen LogP contribution is 2.71. The predicted octanol–water partition coefficient (Wildman–Crippen LogP) is 5.42. The van der Waals surface area contributed by atoms with Crippen molar-refractivity contribution in [2.75, 3.05) is 0 Å². The standard InChI is InChI=1S/C17H30/c1-14(2,3)9-17-8-13-6-15(4,11-17)10-16(5,7-13)12-17/h13H,6-12H2,1-5H3. The first-order chi connectivity index (χ1) is 7.61. The van der Waals surface area contributed by atoms with Crippen LogP contribution in [-0.4, -0.2) is 0 Å². The zero-order valence-corrected chi connectivity index (χ0v) is 12.5. The monoisotopic (exact) mass is 234 g/mol. The highest BCUT2D eigenvalue weighted by molar-refractivity contribution is 5.10. The average Bonchev–Trinajstić information content (AvgIpc) is 1.88. The van der Waals surface area contributed by atoms with Gasteiger partial charge in [-0.05, 0) is 72.5 Å². The third kappa shape index (κ3) is 2.06. The summed E-state index contributed by atoms with van der Waals surface area (Å²) in [6, 6.07) is 0. The topological polar surface area (TPSA) is 0 Å². The van der Waals surface area contributed by atoms with E-state index in [1.54, 1.807) is 6.42 Å². The van der Waals surface area contributed by atoms with Gasteiger partial charge >= 0.3 is 0 Å². The summed E-state index contributed by atoms with van der Waals surface area (Å²) in [6.07, 6.45) is 10.7. The average molecular weight is 234 g/mol. The maximum absolute atomic E-state index is 2.59. The number of hydrogen-bond donors (Lipinski definition) is 0. The van der Waals surface area contributed by atoms with Gasteiger partial charge in [-0.3, -0.25) is 0 Å². The summed E-state index contributed by atoms with van der Waals surface area (Å²) in [7, 11) is 0. The van der Waals surface area contributed by atoms with E-state index >= 15 is 0 Å². The molecule has 0 radical (unpaired) electrons. The van der Waals surface area contributed by atoms with E-state index in [0.717, 1.165) is 5.92 Å². The van der Waals surface area contributed by atoms with Gasteiger partial charge in [0.25, 0.3) is 0 Å². The van der Waals surface area contributed by atoms with Crippen LogP contribution in [0, 0.1) is 27.6 Å². The van der Waals surface area contributed by atoms with Crippen LogP contribution in [0.15, 0.2) is 0 Å². The van der Waals surface area contributed by atoms with Crippen LogP contribution >= 0.6 is 0 Å². The van der Waals surface area contributed by atoms with E-state index in [2.05, 4.69) is 34.6 Å².